The quantitative estimate of drug-likeness (QED) is 0.528. The van der Waals surface area contributed by atoms with Crippen LogP contribution in [0.5, 0.6) is 11.5 Å². The van der Waals surface area contributed by atoms with E-state index in [0.29, 0.717) is 38.9 Å². The standard InChI is InChI=1S/C23H31N3O3/c1-18(16-27-17-19-8-4-3-5-9-19)14-25-23(24-2)26-15-20-10-6-11-21-22(20)29-13-7-12-28-21/h3-6,8-11,18H,7,12-17H2,1-2H3,(H2,24,25,26). The third-order valence-electron chi connectivity index (χ3n) is 4.65. The summed E-state index contributed by atoms with van der Waals surface area (Å²) in [4.78, 5) is 4.32. The molecule has 1 unspecified atom stereocenters. The molecule has 0 bridgehead atoms. The van der Waals surface area contributed by atoms with Crippen LogP contribution < -0.4 is 20.1 Å². The van der Waals surface area contributed by atoms with Gasteiger partial charge in [0.15, 0.2) is 17.5 Å². The Morgan fingerprint density at radius 3 is 2.72 bits per heavy atom. The average molecular weight is 398 g/mol. The molecule has 0 saturated carbocycles. The summed E-state index contributed by atoms with van der Waals surface area (Å²) in [5, 5.41) is 6.72. The predicted molar refractivity (Wildman–Crippen MR) is 116 cm³/mol. The van der Waals surface area contributed by atoms with Crippen LogP contribution >= 0.6 is 0 Å². The Kier molecular flexibility index (Phi) is 8.19. The molecule has 0 aliphatic carbocycles. The molecule has 0 amide bonds. The lowest BCUT2D eigenvalue weighted by Crippen LogP contribution is -2.39. The number of nitrogens with zero attached hydrogens (tertiary/aromatic N) is 1. The van der Waals surface area contributed by atoms with E-state index in [-0.39, 0.29) is 0 Å². The van der Waals surface area contributed by atoms with Crippen molar-refractivity contribution in [3.05, 3.63) is 59.7 Å². The average Bonchev–Trinajstić information content (AvgIpc) is 3.01. The maximum atomic E-state index is 5.88. The maximum Gasteiger partial charge on any atom is 0.191 e. The molecule has 1 aliphatic rings. The minimum Gasteiger partial charge on any atom is -0.490 e. The van der Waals surface area contributed by atoms with Gasteiger partial charge in [0, 0.05) is 32.1 Å². The zero-order valence-corrected chi connectivity index (χ0v) is 17.3. The summed E-state index contributed by atoms with van der Waals surface area (Å²) < 4.78 is 17.5. The molecule has 2 aromatic rings. The van der Waals surface area contributed by atoms with Crippen LogP contribution in [0.3, 0.4) is 0 Å². The molecule has 2 aromatic carbocycles. The second-order valence-electron chi connectivity index (χ2n) is 7.21. The van der Waals surface area contributed by atoms with E-state index in [4.69, 9.17) is 14.2 Å². The van der Waals surface area contributed by atoms with E-state index in [2.05, 4.69) is 34.7 Å². The van der Waals surface area contributed by atoms with Crippen molar-refractivity contribution in [1.82, 2.24) is 10.6 Å². The monoisotopic (exact) mass is 397 g/mol. The molecule has 6 nitrogen and oxygen atoms in total. The van der Waals surface area contributed by atoms with Crippen molar-refractivity contribution >= 4 is 5.96 Å². The Hall–Kier alpha value is -2.73. The van der Waals surface area contributed by atoms with Crippen molar-refractivity contribution in [2.75, 3.05) is 33.4 Å². The topological polar surface area (TPSA) is 64.1 Å². The fraction of sp³-hybridized carbons (Fsp3) is 0.435. The summed E-state index contributed by atoms with van der Waals surface area (Å²) in [6.07, 6.45) is 0.898. The van der Waals surface area contributed by atoms with Gasteiger partial charge in [-0.3, -0.25) is 4.99 Å². The van der Waals surface area contributed by atoms with Gasteiger partial charge in [-0.1, -0.05) is 49.4 Å². The second kappa shape index (κ2) is 11.3. The van der Waals surface area contributed by atoms with Gasteiger partial charge in [0.25, 0.3) is 0 Å². The van der Waals surface area contributed by atoms with Gasteiger partial charge in [-0.05, 0) is 17.5 Å². The fourth-order valence-electron chi connectivity index (χ4n) is 3.07. The number of hydrogen-bond acceptors (Lipinski definition) is 4. The van der Waals surface area contributed by atoms with Gasteiger partial charge in [-0.15, -0.1) is 0 Å². The minimum atomic E-state index is 0.363. The number of ether oxygens (including phenoxy) is 3. The first-order chi connectivity index (χ1) is 14.3. The van der Waals surface area contributed by atoms with E-state index < -0.39 is 0 Å². The van der Waals surface area contributed by atoms with Crippen LogP contribution in [0.15, 0.2) is 53.5 Å². The molecule has 1 aliphatic heterocycles. The molecule has 0 radical (unpaired) electrons. The van der Waals surface area contributed by atoms with Gasteiger partial charge in [0.2, 0.25) is 0 Å². The molecule has 0 spiro atoms. The summed E-state index contributed by atoms with van der Waals surface area (Å²) in [7, 11) is 1.77. The van der Waals surface area contributed by atoms with E-state index in [1.165, 1.54) is 5.56 Å². The van der Waals surface area contributed by atoms with Gasteiger partial charge in [-0.2, -0.15) is 0 Å². The van der Waals surface area contributed by atoms with E-state index in [0.717, 1.165) is 36.0 Å². The normalized spacial score (nSPS) is 14.8. The maximum absolute atomic E-state index is 5.88. The van der Waals surface area contributed by atoms with Crippen LogP contribution in [0.1, 0.15) is 24.5 Å². The highest BCUT2D eigenvalue weighted by Crippen LogP contribution is 2.33. The first kappa shape index (κ1) is 21.0. The van der Waals surface area contributed by atoms with E-state index in [1.54, 1.807) is 7.05 Å². The van der Waals surface area contributed by atoms with Crippen LogP contribution in [0, 0.1) is 5.92 Å². The highest BCUT2D eigenvalue weighted by Gasteiger charge is 2.14. The Morgan fingerprint density at radius 2 is 1.90 bits per heavy atom. The molecule has 0 fully saturated rings. The van der Waals surface area contributed by atoms with Crippen molar-refractivity contribution in [3.8, 4) is 11.5 Å². The molecule has 0 saturated heterocycles. The smallest absolute Gasteiger partial charge is 0.191 e. The molecule has 156 valence electrons. The summed E-state index contributed by atoms with van der Waals surface area (Å²) in [6.45, 7) is 6.25. The van der Waals surface area contributed by atoms with Gasteiger partial charge in [0.05, 0.1) is 26.4 Å². The number of benzene rings is 2. The molecule has 3 rings (SSSR count). The molecule has 0 aromatic heterocycles. The van der Waals surface area contributed by atoms with Crippen LogP contribution in [0.4, 0.5) is 0 Å². The Balaban J connectivity index is 1.42. The first-order valence-corrected chi connectivity index (χ1v) is 10.2. The number of fused-ring (bicyclic) bond motifs is 1. The fourth-order valence-corrected chi connectivity index (χ4v) is 3.07. The van der Waals surface area contributed by atoms with E-state index >= 15 is 0 Å². The van der Waals surface area contributed by atoms with E-state index in [9.17, 15) is 0 Å². The zero-order valence-electron chi connectivity index (χ0n) is 17.3. The number of aliphatic imine (C=N–C) groups is 1. The van der Waals surface area contributed by atoms with Gasteiger partial charge in [0.1, 0.15) is 0 Å². The lowest BCUT2D eigenvalue weighted by Gasteiger charge is -2.17. The number of rotatable bonds is 8. The summed E-state index contributed by atoms with van der Waals surface area (Å²) >= 11 is 0. The van der Waals surface area contributed by atoms with Gasteiger partial charge in [-0.25, -0.2) is 0 Å². The van der Waals surface area contributed by atoms with Crippen molar-refractivity contribution in [2.24, 2.45) is 10.9 Å². The lowest BCUT2D eigenvalue weighted by molar-refractivity contribution is 0.0931. The van der Waals surface area contributed by atoms with Gasteiger partial charge < -0.3 is 24.8 Å². The predicted octanol–water partition coefficient (Wildman–Crippen LogP) is 3.37. The van der Waals surface area contributed by atoms with Gasteiger partial charge >= 0.3 is 0 Å². The highest BCUT2D eigenvalue weighted by molar-refractivity contribution is 5.79. The molecule has 6 heteroatoms. The molecule has 1 atom stereocenters. The van der Waals surface area contributed by atoms with Crippen molar-refractivity contribution in [3.63, 3.8) is 0 Å². The lowest BCUT2D eigenvalue weighted by atomic mass is 10.2. The third-order valence-corrected chi connectivity index (χ3v) is 4.65. The minimum absolute atomic E-state index is 0.363. The highest BCUT2D eigenvalue weighted by atomic mass is 16.5. The SMILES string of the molecule is CN=C(NCc1cccc2c1OCCCO2)NCC(C)COCc1ccccc1. The first-order valence-electron chi connectivity index (χ1n) is 10.2. The van der Waals surface area contributed by atoms with Crippen molar-refractivity contribution in [2.45, 2.75) is 26.5 Å². The van der Waals surface area contributed by atoms with Crippen molar-refractivity contribution < 1.29 is 14.2 Å². The Morgan fingerprint density at radius 1 is 1.07 bits per heavy atom. The number of hydrogen-bond donors (Lipinski definition) is 2. The third kappa shape index (κ3) is 6.68. The molecular formula is C23H31N3O3. The van der Waals surface area contributed by atoms with Crippen LogP contribution in [-0.2, 0) is 17.9 Å². The number of para-hydroxylation sites is 1. The molecule has 29 heavy (non-hydrogen) atoms. The summed E-state index contributed by atoms with van der Waals surface area (Å²) in [5.41, 5.74) is 2.25. The zero-order chi connectivity index (χ0) is 20.3. The van der Waals surface area contributed by atoms with Crippen molar-refractivity contribution in [1.29, 1.82) is 0 Å². The summed E-state index contributed by atoms with van der Waals surface area (Å²) in [5.74, 6) is 2.76. The Bertz CT molecular complexity index is 780. The molecular weight excluding hydrogens is 366 g/mol. The van der Waals surface area contributed by atoms with Crippen LogP contribution in [0.2, 0.25) is 0 Å². The largest absolute Gasteiger partial charge is 0.490 e. The number of guanidine groups is 1. The van der Waals surface area contributed by atoms with E-state index in [1.807, 2.05) is 36.4 Å². The van der Waals surface area contributed by atoms with Crippen LogP contribution in [-0.4, -0.2) is 39.4 Å². The second-order valence-corrected chi connectivity index (χ2v) is 7.21. The molecule has 1 heterocycles. The summed E-state index contributed by atoms with van der Waals surface area (Å²) in [6, 6.07) is 16.2. The Labute approximate surface area is 173 Å². The molecule has 2 N–H and O–H groups in total. The van der Waals surface area contributed by atoms with Crippen LogP contribution in [0.25, 0.3) is 0 Å². The number of nitrogens with one attached hydrogen (secondary N) is 2.